The van der Waals surface area contributed by atoms with E-state index in [4.69, 9.17) is 16.3 Å². The van der Waals surface area contributed by atoms with Crippen molar-refractivity contribution in [1.82, 2.24) is 9.97 Å². The third kappa shape index (κ3) is 4.03. The molecule has 10 heteroatoms. The fraction of sp³-hybridized carbons (Fsp3) is 0.429. The molecule has 2 aliphatic rings. The minimum absolute atomic E-state index is 0.115. The fourth-order valence-electron chi connectivity index (χ4n) is 4.05. The van der Waals surface area contributed by atoms with Gasteiger partial charge in [-0.25, -0.2) is 14.6 Å². The molecule has 1 aliphatic carbocycles. The molecule has 3 amide bonds. The molecular weight excluding hydrogens is 422 g/mol. The number of fused-ring (bicyclic) bond motifs is 1. The first kappa shape index (κ1) is 21.3. The summed E-state index contributed by atoms with van der Waals surface area (Å²) in [5, 5.41) is 13.3. The number of amides is 3. The summed E-state index contributed by atoms with van der Waals surface area (Å²) in [4.78, 5) is 37.2. The number of carbonyl (C=O) groups is 2. The molecule has 2 heterocycles. The molecule has 4 rings (SSSR count). The molecule has 2 aromatic rings. The second-order valence-electron chi connectivity index (χ2n) is 7.71. The maximum Gasteiger partial charge on any atom is 0.423 e. The number of rotatable bonds is 3. The molecule has 9 nitrogen and oxygen atoms in total. The quantitative estimate of drug-likeness (QED) is 0.731. The van der Waals surface area contributed by atoms with E-state index >= 15 is 0 Å². The first-order valence-electron chi connectivity index (χ1n) is 10.2. The number of aliphatic hydroxyl groups is 1. The Labute approximate surface area is 185 Å². The lowest BCUT2D eigenvalue weighted by molar-refractivity contribution is 0.126. The van der Waals surface area contributed by atoms with E-state index in [0.717, 1.165) is 17.7 Å². The van der Waals surface area contributed by atoms with Gasteiger partial charge in [0.05, 0.1) is 30.0 Å². The molecule has 0 spiro atoms. The number of para-hydroxylation sites is 1. The summed E-state index contributed by atoms with van der Waals surface area (Å²) >= 11 is 6.33. The Morgan fingerprint density at radius 2 is 1.97 bits per heavy atom. The molecule has 1 saturated carbocycles. The van der Waals surface area contributed by atoms with Gasteiger partial charge in [0, 0.05) is 17.8 Å². The van der Waals surface area contributed by atoms with Gasteiger partial charge >= 0.3 is 12.1 Å². The lowest BCUT2D eigenvalue weighted by Crippen LogP contribution is -2.52. The second kappa shape index (κ2) is 8.68. The number of ether oxygens (including phenoxy) is 1. The van der Waals surface area contributed by atoms with Gasteiger partial charge in [-0.2, -0.15) is 9.88 Å². The van der Waals surface area contributed by atoms with Gasteiger partial charge in [-0.1, -0.05) is 23.7 Å². The average Bonchev–Trinajstić information content (AvgIpc) is 2.76. The van der Waals surface area contributed by atoms with E-state index in [1.165, 1.54) is 12.0 Å². The number of hydrogen-bond acceptors (Lipinski definition) is 7. The Morgan fingerprint density at radius 1 is 1.26 bits per heavy atom. The zero-order chi connectivity index (χ0) is 22.1. The molecule has 0 saturated heterocycles. The molecule has 1 atom stereocenters. The molecule has 1 aliphatic heterocycles. The number of anilines is 3. The third-order valence-corrected chi connectivity index (χ3v) is 6.06. The lowest BCUT2D eigenvalue weighted by Gasteiger charge is -2.39. The van der Waals surface area contributed by atoms with Crippen molar-refractivity contribution >= 4 is 41.2 Å². The Bertz CT molecular complexity index is 995. The molecule has 2 N–H and O–H groups in total. The summed E-state index contributed by atoms with van der Waals surface area (Å²) < 4.78 is 4.87. The van der Waals surface area contributed by atoms with Crippen molar-refractivity contribution in [3.63, 3.8) is 0 Å². The standard InChI is InChI=1S/C21H24ClN5O4/c1-12-15-11-23-19(24-13-7-9-14(28)10-8-13)25-18(15)27(21(30)31-2)20(29)26(12)17-6-4-3-5-16(17)22/h3-6,11-14,28H,7-10H2,1-2H3,(H,23,24,25)/t12?,13-,14-. The highest BCUT2D eigenvalue weighted by atomic mass is 35.5. The van der Waals surface area contributed by atoms with Gasteiger partial charge in [0.2, 0.25) is 5.95 Å². The lowest BCUT2D eigenvalue weighted by atomic mass is 9.93. The number of urea groups is 1. The number of hydrogen-bond donors (Lipinski definition) is 2. The van der Waals surface area contributed by atoms with Gasteiger partial charge in [0.15, 0.2) is 5.82 Å². The van der Waals surface area contributed by atoms with E-state index < -0.39 is 18.2 Å². The van der Waals surface area contributed by atoms with Crippen LogP contribution in [0.4, 0.5) is 27.0 Å². The van der Waals surface area contributed by atoms with Crippen molar-refractivity contribution in [2.75, 3.05) is 22.2 Å². The predicted molar refractivity (Wildman–Crippen MR) is 117 cm³/mol. The predicted octanol–water partition coefficient (Wildman–Crippen LogP) is 4.12. The van der Waals surface area contributed by atoms with Crippen molar-refractivity contribution in [2.45, 2.75) is 50.8 Å². The maximum atomic E-state index is 13.4. The summed E-state index contributed by atoms with van der Waals surface area (Å²) in [5.74, 6) is 0.501. The van der Waals surface area contributed by atoms with E-state index in [1.807, 2.05) is 6.92 Å². The topological polar surface area (TPSA) is 108 Å². The number of nitrogens with zero attached hydrogens (tertiary/aromatic N) is 4. The highest BCUT2D eigenvalue weighted by Gasteiger charge is 2.42. The van der Waals surface area contributed by atoms with Crippen LogP contribution < -0.4 is 15.1 Å². The van der Waals surface area contributed by atoms with E-state index in [9.17, 15) is 14.7 Å². The molecule has 164 valence electrons. The number of halogens is 1. The summed E-state index contributed by atoms with van der Waals surface area (Å²) in [6.45, 7) is 1.83. The molecule has 0 bridgehead atoms. The van der Waals surface area contributed by atoms with Gasteiger partial charge in [-0.05, 0) is 44.7 Å². The van der Waals surface area contributed by atoms with Crippen LogP contribution in [0.25, 0.3) is 0 Å². The number of aliphatic hydroxyl groups excluding tert-OH is 1. The largest absolute Gasteiger partial charge is 0.452 e. The van der Waals surface area contributed by atoms with E-state index in [2.05, 4.69) is 15.3 Å². The maximum absolute atomic E-state index is 13.4. The van der Waals surface area contributed by atoms with Gasteiger partial charge in [-0.3, -0.25) is 4.90 Å². The highest BCUT2D eigenvalue weighted by Crippen LogP contribution is 2.41. The zero-order valence-corrected chi connectivity index (χ0v) is 18.0. The summed E-state index contributed by atoms with van der Waals surface area (Å²) in [6.07, 6.45) is 3.49. The molecule has 0 radical (unpaired) electrons. The zero-order valence-electron chi connectivity index (χ0n) is 17.3. The van der Waals surface area contributed by atoms with E-state index in [0.29, 0.717) is 35.1 Å². The Morgan fingerprint density at radius 3 is 2.65 bits per heavy atom. The SMILES string of the molecule is COC(=O)N1C(=O)N(c2ccccc2Cl)C(C)c2cnc(N[C@H]3CC[C@H](O)CC3)nc21. The molecule has 1 aromatic carbocycles. The second-order valence-corrected chi connectivity index (χ2v) is 8.11. The Balaban J connectivity index is 1.71. The van der Waals surface area contributed by atoms with Crippen LogP contribution >= 0.6 is 11.6 Å². The van der Waals surface area contributed by atoms with Gasteiger partial charge in [0.1, 0.15) is 0 Å². The number of imide groups is 1. The van der Waals surface area contributed by atoms with E-state index in [-0.39, 0.29) is 18.0 Å². The number of aromatic nitrogens is 2. The van der Waals surface area contributed by atoms with Crippen LogP contribution in [0.1, 0.15) is 44.2 Å². The molecular formula is C21H24ClN5O4. The monoisotopic (exact) mass is 445 g/mol. The van der Waals surface area contributed by atoms with Crippen LogP contribution in [-0.2, 0) is 4.74 Å². The molecule has 1 aromatic heterocycles. The van der Waals surface area contributed by atoms with Crippen LogP contribution in [0.3, 0.4) is 0 Å². The average molecular weight is 446 g/mol. The smallest absolute Gasteiger partial charge is 0.423 e. The number of nitrogens with one attached hydrogen (secondary N) is 1. The van der Waals surface area contributed by atoms with Crippen molar-refractivity contribution in [2.24, 2.45) is 0 Å². The van der Waals surface area contributed by atoms with Crippen molar-refractivity contribution in [1.29, 1.82) is 0 Å². The van der Waals surface area contributed by atoms with Crippen LogP contribution in [0.15, 0.2) is 30.5 Å². The summed E-state index contributed by atoms with van der Waals surface area (Å²) in [6, 6.07) is 5.98. The van der Waals surface area contributed by atoms with Crippen molar-refractivity contribution in [3.8, 4) is 0 Å². The summed E-state index contributed by atoms with van der Waals surface area (Å²) in [5.41, 5.74) is 1.07. The normalized spacial score (nSPS) is 23.4. The third-order valence-electron chi connectivity index (χ3n) is 5.74. The minimum Gasteiger partial charge on any atom is -0.452 e. The van der Waals surface area contributed by atoms with Crippen LogP contribution in [0.5, 0.6) is 0 Å². The fourth-order valence-corrected chi connectivity index (χ4v) is 4.27. The highest BCUT2D eigenvalue weighted by molar-refractivity contribution is 6.34. The number of benzene rings is 1. The number of carbonyl (C=O) groups excluding carboxylic acids is 2. The van der Waals surface area contributed by atoms with Gasteiger partial charge in [-0.15, -0.1) is 0 Å². The summed E-state index contributed by atoms with van der Waals surface area (Å²) in [7, 11) is 1.21. The molecule has 31 heavy (non-hydrogen) atoms. The van der Waals surface area contributed by atoms with Gasteiger partial charge < -0.3 is 15.2 Å². The molecule has 1 fully saturated rings. The minimum atomic E-state index is -0.847. The van der Waals surface area contributed by atoms with Crippen LogP contribution in [0, 0.1) is 0 Å². The molecule has 1 unspecified atom stereocenters. The first-order chi connectivity index (χ1) is 14.9. The Hall–Kier alpha value is -2.91. The van der Waals surface area contributed by atoms with E-state index in [1.54, 1.807) is 30.5 Å². The first-order valence-corrected chi connectivity index (χ1v) is 10.6. The van der Waals surface area contributed by atoms with Crippen molar-refractivity contribution in [3.05, 3.63) is 41.0 Å². The number of methoxy groups -OCH3 is 1. The van der Waals surface area contributed by atoms with Crippen LogP contribution in [0.2, 0.25) is 5.02 Å². The van der Waals surface area contributed by atoms with Crippen LogP contribution in [-0.4, -0.2) is 46.5 Å². The van der Waals surface area contributed by atoms with Crippen molar-refractivity contribution < 1.29 is 19.4 Å². The van der Waals surface area contributed by atoms with Gasteiger partial charge in [0.25, 0.3) is 0 Å². The Kier molecular flexibility index (Phi) is 5.97.